The van der Waals surface area contributed by atoms with Crippen LogP contribution in [0.2, 0.25) is 0 Å². The maximum atomic E-state index is 11.1. The third kappa shape index (κ3) is 1.40. The molecular formula is C11H13NO2. The van der Waals surface area contributed by atoms with Crippen LogP contribution in [0.15, 0.2) is 18.2 Å². The van der Waals surface area contributed by atoms with E-state index in [0.717, 1.165) is 18.5 Å². The molecule has 1 aliphatic rings. The minimum Gasteiger partial charge on any atom is -0.378 e. The average molecular weight is 191 g/mol. The smallest absolute Gasteiger partial charge is 0.257 e. The number of anilines is 1. The fourth-order valence-corrected chi connectivity index (χ4v) is 1.74. The van der Waals surface area contributed by atoms with E-state index in [1.54, 1.807) is 0 Å². The average Bonchev–Trinajstić information content (AvgIpc) is 2.45. The van der Waals surface area contributed by atoms with Crippen molar-refractivity contribution in [2.24, 2.45) is 0 Å². The highest BCUT2D eigenvalue weighted by Gasteiger charge is 2.28. The largest absolute Gasteiger partial charge is 0.378 e. The van der Waals surface area contributed by atoms with E-state index >= 15 is 0 Å². The van der Waals surface area contributed by atoms with Gasteiger partial charge in [0.1, 0.15) is 0 Å². The van der Waals surface area contributed by atoms with Gasteiger partial charge in [-0.25, -0.2) is 0 Å². The summed E-state index contributed by atoms with van der Waals surface area (Å²) < 4.78 is 0. The molecule has 1 heterocycles. The first-order valence-electron chi connectivity index (χ1n) is 4.84. The van der Waals surface area contributed by atoms with Crippen LogP contribution in [0.1, 0.15) is 30.6 Å². The van der Waals surface area contributed by atoms with Gasteiger partial charge in [-0.15, -0.1) is 0 Å². The molecule has 1 aromatic rings. The summed E-state index contributed by atoms with van der Waals surface area (Å²) in [6.45, 7) is 2.10. The molecule has 0 spiro atoms. The molecule has 74 valence electrons. The van der Waals surface area contributed by atoms with Crippen molar-refractivity contribution in [3.05, 3.63) is 29.3 Å². The van der Waals surface area contributed by atoms with Gasteiger partial charge in [0.05, 0.1) is 0 Å². The van der Waals surface area contributed by atoms with Crippen molar-refractivity contribution in [1.82, 2.24) is 0 Å². The van der Waals surface area contributed by atoms with E-state index < -0.39 is 6.10 Å². The lowest BCUT2D eigenvalue weighted by molar-refractivity contribution is -0.123. The Morgan fingerprint density at radius 3 is 3.00 bits per heavy atom. The van der Waals surface area contributed by atoms with E-state index in [0.29, 0.717) is 5.56 Å². The lowest BCUT2D eigenvalue weighted by atomic mass is 10.0. The number of hydrogen-bond donors (Lipinski definition) is 2. The summed E-state index contributed by atoms with van der Waals surface area (Å²) in [4.78, 5) is 11.1. The molecule has 1 unspecified atom stereocenters. The molecule has 0 aliphatic carbocycles. The molecule has 1 aliphatic heterocycles. The zero-order valence-corrected chi connectivity index (χ0v) is 8.08. The van der Waals surface area contributed by atoms with E-state index in [-0.39, 0.29) is 5.91 Å². The lowest BCUT2D eigenvalue weighted by Crippen LogP contribution is -2.10. The summed E-state index contributed by atoms with van der Waals surface area (Å²) in [5.41, 5.74) is 2.62. The fourth-order valence-electron chi connectivity index (χ4n) is 1.74. The predicted molar refractivity (Wildman–Crippen MR) is 54.0 cm³/mol. The maximum Gasteiger partial charge on any atom is 0.257 e. The summed E-state index contributed by atoms with van der Waals surface area (Å²) >= 11 is 0. The minimum atomic E-state index is -0.984. The summed E-state index contributed by atoms with van der Waals surface area (Å²) in [6.07, 6.45) is 1.06. The Morgan fingerprint density at radius 1 is 1.50 bits per heavy atom. The van der Waals surface area contributed by atoms with Crippen LogP contribution in [-0.4, -0.2) is 11.0 Å². The molecule has 3 nitrogen and oxygen atoms in total. The Morgan fingerprint density at radius 2 is 2.29 bits per heavy atom. The number of aliphatic hydroxyl groups excluding tert-OH is 1. The van der Waals surface area contributed by atoms with Crippen molar-refractivity contribution in [3.8, 4) is 0 Å². The molecule has 0 bridgehead atoms. The number of aryl methyl sites for hydroxylation is 1. The molecule has 2 N–H and O–H groups in total. The van der Waals surface area contributed by atoms with E-state index in [9.17, 15) is 9.90 Å². The molecule has 2 rings (SSSR count). The van der Waals surface area contributed by atoms with Gasteiger partial charge < -0.3 is 10.4 Å². The first kappa shape index (κ1) is 9.21. The van der Waals surface area contributed by atoms with E-state index in [1.807, 2.05) is 18.2 Å². The molecule has 0 saturated heterocycles. The van der Waals surface area contributed by atoms with Crippen molar-refractivity contribution < 1.29 is 9.90 Å². The standard InChI is InChI=1S/C11H13NO2/c1-2-3-7-4-5-9-8(6-7)10(13)11(14)12-9/h4-6,10,13H,2-3H2,1H3,(H,12,14). The van der Waals surface area contributed by atoms with Crippen molar-refractivity contribution in [2.75, 3.05) is 5.32 Å². The van der Waals surface area contributed by atoms with Gasteiger partial charge in [-0.1, -0.05) is 25.5 Å². The van der Waals surface area contributed by atoms with Gasteiger partial charge in [-0.3, -0.25) is 4.79 Å². The molecule has 1 aromatic carbocycles. The van der Waals surface area contributed by atoms with Crippen LogP contribution in [0.4, 0.5) is 5.69 Å². The molecule has 1 atom stereocenters. The zero-order valence-electron chi connectivity index (χ0n) is 8.08. The Bertz CT molecular complexity index is 374. The first-order chi connectivity index (χ1) is 6.72. The second kappa shape index (κ2) is 3.42. The van der Waals surface area contributed by atoms with Crippen molar-refractivity contribution in [1.29, 1.82) is 0 Å². The number of carbonyl (C=O) groups excluding carboxylic acids is 1. The number of carbonyl (C=O) groups is 1. The molecule has 0 aromatic heterocycles. The summed E-state index contributed by atoms with van der Waals surface area (Å²) in [6, 6.07) is 5.75. The number of nitrogens with one attached hydrogen (secondary N) is 1. The molecular weight excluding hydrogens is 178 g/mol. The SMILES string of the molecule is CCCc1ccc2c(c1)C(O)C(=O)N2. The maximum absolute atomic E-state index is 11.1. The van der Waals surface area contributed by atoms with Crippen LogP contribution in [0.25, 0.3) is 0 Å². The third-order valence-corrected chi connectivity index (χ3v) is 2.46. The van der Waals surface area contributed by atoms with Gasteiger partial charge in [0.25, 0.3) is 5.91 Å². The highest BCUT2D eigenvalue weighted by Crippen LogP contribution is 2.31. The molecule has 0 saturated carbocycles. The van der Waals surface area contributed by atoms with E-state index in [4.69, 9.17) is 0 Å². The molecule has 3 heteroatoms. The van der Waals surface area contributed by atoms with Crippen LogP contribution in [0.3, 0.4) is 0 Å². The first-order valence-corrected chi connectivity index (χ1v) is 4.84. The summed E-state index contributed by atoms with van der Waals surface area (Å²) in [5, 5.41) is 12.2. The van der Waals surface area contributed by atoms with Gasteiger partial charge in [-0.05, 0) is 18.1 Å². The predicted octanol–water partition coefficient (Wildman–Crippen LogP) is 1.62. The highest BCUT2D eigenvalue weighted by atomic mass is 16.3. The number of amides is 1. The summed E-state index contributed by atoms with van der Waals surface area (Å²) in [7, 11) is 0. The van der Waals surface area contributed by atoms with Crippen LogP contribution < -0.4 is 5.32 Å². The number of fused-ring (bicyclic) bond motifs is 1. The van der Waals surface area contributed by atoms with Crippen LogP contribution in [0.5, 0.6) is 0 Å². The van der Waals surface area contributed by atoms with Gasteiger partial charge >= 0.3 is 0 Å². The fraction of sp³-hybridized carbons (Fsp3) is 0.364. The highest BCUT2D eigenvalue weighted by molar-refractivity contribution is 6.01. The van der Waals surface area contributed by atoms with Crippen molar-refractivity contribution in [3.63, 3.8) is 0 Å². The van der Waals surface area contributed by atoms with Crippen LogP contribution >= 0.6 is 0 Å². The van der Waals surface area contributed by atoms with E-state index in [1.165, 1.54) is 5.56 Å². The number of hydrogen-bond acceptors (Lipinski definition) is 2. The zero-order chi connectivity index (χ0) is 10.1. The third-order valence-electron chi connectivity index (χ3n) is 2.46. The Hall–Kier alpha value is -1.35. The number of benzene rings is 1. The number of rotatable bonds is 2. The van der Waals surface area contributed by atoms with Crippen molar-refractivity contribution in [2.45, 2.75) is 25.9 Å². The second-order valence-corrected chi connectivity index (χ2v) is 3.56. The normalized spacial score (nSPS) is 19.3. The minimum absolute atomic E-state index is 0.325. The summed E-state index contributed by atoms with van der Waals surface area (Å²) in [5.74, 6) is -0.325. The van der Waals surface area contributed by atoms with Gasteiger partial charge in [0.15, 0.2) is 6.10 Å². The Labute approximate surface area is 82.8 Å². The Kier molecular flexibility index (Phi) is 2.25. The monoisotopic (exact) mass is 191 g/mol. The number of aliphatic hydroxyl groups is 1. The van der Waals surface area contributed by atoms with Gasteiger partial charge in [0, 0.05) is 11.3 Å². The van der Waals surface area contributed by atoms with Crippen LogP contribution in [0, 0.1) is 0 Å². The molecule has 14 heavy (non-hydrogen) atoms. The quantitative estimate of drug-likeness (QED) is 0.746. The second-order valence-electron chi connectivity index (χ2n) is 3.56. The van der Waals surface area contributed by atoms with Gasteiger partial charge in [-0.2, -0.15) is 0 Å². The topological polar surface area (TPSA) is 49.3 Å². The molecule has 1 amide bonds. The van der Waals surface area contributed by atoms with Gasteiger partial charge in [0.2, 0.25) is 0 Å². The molecule has 0 fully saturated rings. The lowest BCUT2D eigenvalue weighted by Gasteiger charge is -2.03. The van der Waals surface area contributed by atoms with E-state index in [2.05, 4.69) is 12.2 Å². The van der Waals surface area contributed by atoms with Crippen LogP contribution in [-0.2, 0) is 11.2 Å². The molecule has 0 radical (unpaired) electrons. The van der Waals surface area contributed by atoms with Crippen molar-refractivity contribution >= 4 is 11.6 Å². The Balaban J connectivity index is 2.36.